The molecule has 0 aromatic carbocycles. The normalized spacial score (nSPS) is 24.8. The third-order valence-electron chi connectivity index (χ3n) is 1.44. The van der Waals surface area contributed by atoms with Crippen molar-refractivity contribution in [2.45, 2.75) is 19.9 Å². The molecule has 0 aromatic heterocycles. The highest BCUT2D eigenvalue weighted by atomic mass is 16.5. The van der Waals surface area contributed by atoms with E-state index >= 15 is 0 Å². The number of aliphatic imine (C=N–C) groups is 1. The molecule has 0 spiro atoms. The zero-order valence-corrected chi connectivity index (χ0v) is 6.37. The van der Waals surface area contributed by atoms with Crippen LogP contribution in [-0.2, 0) is 4.74 Å². The summed E-state index contributed by atoms with van der Waals surface area (Å²) in [4.78, 5) is 4.15. The van der Waals surface area contributed by atoms with E-state index in [0.29, 0.717) is 12.5 Å². The van der Waals surface area contributed by atoms with Crippen LogP contribution >= 0.6 is 0 Å². The first kappa shape index (κ1) is 7.54. The summed E-state index contributed by atoms with van der Waals surface area (Å²) in [5.41, 5.74) is 0. The molecule has 0 unspecified atom stereocenters. The minimum Gasteiger partial charge on any atom is -0.478 e. The van der Waals surface area contributed by atoms with Crippen LogP contribution in [0.15, 0.2) is 4.99 Å². The molecule has 0 fully saturated rings. The summed E-state index contributed by atoms with van der Waals surface area (Å²) in [6.07, 6.45) is 0. The van der Waals surface area contributed by atoms with Crippen LogP contribution in [0.2, 0.25) is 0 Å². The van der Waals surface area contributed by atoms with Gasteiger partial charge in [-0.3, -0.25) is 0 Å². The lowest BCUT2D eigenvalue weighted by Crippen LogP contribution is -2.10. The number of ether oxygens (including phenoxy) is 1. The van der Waals surface area contributed by atoms with E-state index in [-0.39, 0.29) is 12.6 Å². The van der Waals surface area contributed by atoms with Crippen molar-refractivity contribution in [2.24, 2.45) is 10.9 Å². The monoisotopic (exact) mass is 143 g/mol. The standard InChI is InChI=1S/C7H13NO2/c1-5(2)7-8-6(3-9)4-10-7/h5-6,9H,3-4H2,1-2H3/t6-/m0/s1. The van der Waals surface area contributed by atoms with Crippen molar-refractivity contribution in [3.05, 3.63) is 0 Å². The molecule has 58 valence electrons. The Kier molecular flexibility index (Phi) is 2.27. The van der Waals surface area contributed by atoms with Crippen LogP contribution in [0, 0.1) is 5.92 Å². The Bertz CT molecular complexity index is 143. The van der Waals surface area contributed by atoms with E-state index in [4.69, 9.17) is 9.84 Å². The second-order valence-corrected chi connectivity index (χ2v) is 2.77. The number of aliphatic hydroxyl groups excluding tert-OH is 1. The lowest BCUT2D eigenvalue weighted by molar-refractivity contribution is 0.224. The van der Waals surface area contributed by atoms with Crippen molar-refractivity contribution in [3.8, 4) is 0 Å². The molecule has 0 amide bonds. The highest BCUT2D eigenvalue weighted by Gasteiger charge is 2.19. The molecular formula is C7H13NO2. The highest BCUT2D eigenvalue weighted by molar-refractivity contribution is 5.79. The van der Waals surface area contributed by atoms with Crippen molar-refractivity contribution in [3.63, 3.8) is 0 Å². The van der Waals surface area contributed by atoms with Gasteiger partial charge >= 0.3 is 0 Å². The van der Waals surface area contributed by atoms with Crippen LogP contribution < -0.4 is 0 Å². The maximum absolute atomic E-state index is 8.68. The second-order valence-electron chi connectivity index (χ2n) is 2.77. The third-order valence-corrected chi connectivity index (χ3v) is 1.44. The summed E-state index contributed by atoms with van der Waals surface area (Å²) in [6.45, 7) is 4.69. The van der Waals surface area contributed by atoms with Gasteiger partial charge in [-0.1, -0.05) is 13.8 Å². The van der Waals surface area contributed by atoms with Gasteiger partial charge in [0, 0.05) is 5.92 Å². The average Bonchev–Trinajstić information content (AvgIpc) is 2.34. The predicted molar refractivity (Wildman–Crippen MR) is 39.1 cm³/mol. The Morgan fingerprint density at radius 3 is 2.80 bits per heavy atom. The molecule has 0 bridgehead atoms. The van der Waals surface area contributed by atoms with Crippen LogP contribution in [0.5, 0.6) is 0 Å². The lowest BCUT2D eigenvalue weighted by atomic mass is 10.2. The summed E-state index contributed by atoms with van der Waals surface area (Å²) in [5.74, 6) is 1.12. The molecule has 0 aromatic rings. The molecule has 0 saturated heterocycles. The Hall–Kier alpha value is -0.570. The van der Waals surface area contributed by atoms with Gasteiger partial charge in [-0.2, -0.15) is 0 Å². The van der Waals surface area contributed by atoms with Gasteiger partial charge in [0.05, 0.1) is 6.61 Å². The van der Waals surface area contributed by atoms with Gasteiger partial charge in [-0.05, 0) is 0 Å². The summed E-state index contributed by atoms with van der Waals surface area (Å²) in [6, 6.07) is -0.0163. The van der Waals surface area contributed by atoms with Crippen LogP contribution in [0.4, 0.5) is 0 Å². The van der Waals surface area contributed by atoms with Gasteiger partial charge in [-0.15, -0.1) is 0 Å². The fourth-order valence-corrected chi connectivity index (χ4v) is 0.845. The molecule has 1 atom stereocenters. The number of aliphatic hydroxyl groups is 1. The van der Waals surface area contributed by atoms with E-state index < -0.39 is 0 Å². The van der Waals surface area contributed by atoms with E-state index in [9.17, 15) is 0 Å². The van der Waals surface area contributed by atoms with Gasteiger partial charge in [-0.25, -0.2) is 4.99 Å². The molecular weight excluding hydrogens is 130 g/mol. The minimum absolute atomic E-state index is 0.0163. The first-order chi connectivity index (χ1) is 4.74. The predicted octanol–water partition coefficient (Wildman–Crippen LogP) is 0.432. The van der Waals surface area contributed by atoms with Crippen molar-refractivity contribution in [2.75, 3.05) is 13.2 Å². The number of hydrogen-bond donors (Lipinski definition) is 1. The molecule has 3 nitrogen and oxygen atoms in total. The van der Waals surface area contributed by atoms with Crippen molar-refractivity contribution >= 4 is 5.90 Å². The van der Waals surface area contributed by atoms with E-state index in [0.717, 1.165) is 5.90 Å². The van der Waals surface area contributed by atoms with Crippen LogP contribution in [-0.4, -0.2) is 30.3 Å². The Balaban J connectivity index is 2.48. The maximum Gasteiger partial charge on any atom is 0.186 e. The molecule has 10 heavy (non-hydrogen) atoms. The Labute approximate surface area is 60.7 Å². The Morgan fingerprint density at radius 2 is 2.50 bits per heavy atom. The molecule has 0 saturated carbocycles. The fraction of sp³-hybridized carbons (Fsp3) is 0.857. The van der Waals surface area contributed by atoms with E-state index in [1.54, 1.807) is 0 Å². The maximum atomic E-state index is 8.68. The SMILES string of the molecule is CC(C)C1=N[C@@H](CO)CO1. The molecule has 1 aliphatic rings. The molecule has 1 aliphatic heterocycles. The van der Waals surface area contributed by atoms with Gasteiger partial charge in [0.15, 0.2) is 5.90 Å². The van der Waals surface area contributed by atoms with Crippen molar-refractivity contribution < 1.29 is 9.84 Å². The van der Waals surface area contributed by atoms with Gasteiger partial charge in [0.25, 0.3) is 0 Å². The van der Waals surface area contributed by atoms with Crippen LogP contribution in [0.25, 0.3) is 0 Å². The van der Waals surface area contributed by atoms with Gasteiger partial charge in [0.1, 0.15) is 12.6 Å². The molecule has 0 aliphatic carbocycles. The third kappa shape index (κ3) is 1.48. The van der Waals surface area contributed by atoms with Gasteiger partial charge in [0.2, 0.25) is 0 Å². The fourth-order valence-electron chi connectivity index (χ4n) is 0.845. The minimum atomic E-state index is -0.0163. The smallest absolute Gasteiger partial charge is 0.186 e. The molecule has 1 rings (SSSR count). The second kappa shape index (κ2) is 3.01. The summed E-state index contributed by atoms with van der Waals surface area (Å²) in [7, 11) is 0. The lowest BCUT2D eigenvalue weighted by Gasteiger charge is -2.01. The summed E-state index contributed by atoms with van der Waals surface area (Å²) < 4.78 is 5.21. The molecule has 0 radical (unpaired) electrons. The number of nitrogens with zero attached hydrogens (tertiary/aromatic N) is 1. The summed E-state index contributed by atoms with van der Waals surface area (Å²) in [5, 5.41) is 8.68. The van der Waals surface area contributed by atoms with Crippen molar-refractivity contribution in [1.82, 2.24) is 0 Å². The van der Waals surface area contributed by atoms with E-state index in [2.05, 4.69) is 4.99 Å². The van der Waals surface area contributed by atoms with Crippen LogP contribution in [0.3, 0.4) is 0 Å². The topological polar surface area (TPSA) is 41.8 Å². The zero-order chi connectivity index (χ0) is 7.56. The first-order valence-electron chi connectivity index (χ1n) is 3.55. The summed E-state index contributed by atoms with van der Waals surface area (Å²) >= 11 is 0. The van der Waals surface area contributed by atoms with E-state index in [1.165, 1.54) is 0 Å². The quantitative estimate of drug-likeness (QED) is 0.609. The zero-order valence-electron chi connectivity index (χ0n) is 6.37. The molecule has 1 N–H and O–H groups in total. The largest absolute Gasteiger partial charge is 0.478 e. The number of hydrogen-bond acceptors (Lipinski definition) is 3. The molecule has 1 heterocycles. The highest BCUT2D eigenvalue weighted by Crippen LogP contribution is 2.09. The number of rotatable bonds is 2. The van der Waals surface area contributed by atoms with Crippen molar-refractivity contribution in [1.29, 1.82) is 0 Å². The van der Waals surface area contributed by atoms with Crippen LogP contribution in [0.1, 0.15) is 13.8 Å². The average molecular weight is 143 g/mol. The van der Waals surface area contributed by atoms with E-state index in [1.807, 2.05) is 13.8 Å². The first-order valence-corrected chi connectivity index (χ1v) is 3.55. The Morgan fingerprint density at radius 1 is 1.80 bits per heavy atom. The van der Waals surface area contributed by atoms with Gasteiger partial charge < -0.3 is 9.84 Å². The molecule has 3 heteroatoms.